The van der Waals surface area contributed by atoms with Crippen molar-refractivity contribution in [3.63, 3.8) is 0 Å². The van der Waals surface area contributed by atoms with Crippen molar-refractivity contribution >= 4 is 0 Å². The summed E-state index contributed by atoms with van der Waals surface area (Å²) < 4.78 is 5.65. The molecule has 2 fully saturated rings. The van der Waals surface area contributed by atoms with Crippen LogP contribution in [0.25, 0.3) is 0 Å². The minimum absolute atomic E-state index is 0.246. The fourth-order valence-corrected chi connectivity index (χ4v) is 3.59. The second-order valence-electron chi connectivity index (χ2n) is 6.83. The number of nitrogens with one attached hydrogen (secondary N) is 1. The molecule has 1 N–H and O–H groups in total. The zero-order valence-corrected chi connectivity index (χ0v) is 13.3. The Morgan fingerprint density at radius 1 is 1.33 bits per heavy atom. The molecule has 21 heavy (non-hydrogen) atoms. The third-order valence-corrected chi connectivity index (χ3v) is 5.23. The average Bonchev–Trinajstić information content (AvgIpc) is 3.05. The molecule has 2 heterocycles. The molecule has 1 aromatic carbocycles. The predicted molar refractivity (Wildman–Crippen MR) is 86.6 cm³/mol. The molecule has 3 heteroatoms. The van der Waals surface area contributed by atoms with Crippen molar-refractivity contribution in [2.75, 3.05) is 26.3 Å². The van der Waals surface area contributed by atoms with E-state index < -0.39 is 0 Å². The second kappa shape index (κ2) is 6.47. The van der Waals surface area contributed by atoms with E-state index in [0.29, 0.717) is 12.1 Å². The number of rotatable bonds is 4. The van der Waals surface area contributed by atoms with E-state index in [-0.39, 0.29) is 5.54 Å². The average molecular weight is 288 g/mol. The maximum absolute atomic E-state index is 5.65. The van der Waals surface area contributed by atoms with Gasteiger partial charge in [-0.3, -0.25) is 4.90 Å². The Balaban J connectivity index is 1.74. The summed E-state index contributed by atoms with van der Waals surface area (Å²) in [6.45, 7) is 8.69. The van der Waals surface area contributed by atoms with Crippen LogP contribution < -0.4 is 5.32 Å². The van der Waals surface area contributed by atoms with Gasteiger partial charge >= 0.3 is 0 Å². The summed E-state index contributed by atoms with van der Waals surface area (Å²) in [5.41, 5.74) is 1.68. The van der Waals surface area contributed by atoms with Gasteiger partial charge in [-0.25, -0.2) is 0 Å². The van der Waals surface area contributed by atoms with Crippen LogP contribution in [-0.2, 0) is 11.2 Å². The summed E-state index contributed by atoms with van der Waals surface area (Å²) in [7, 11) is 0. The molecule has 0 aliphatic carbocycles. The standard InChI is InChI=1S/C18H28N2O/c1-3-18(2)14-20(16-9-10-21-13-16)17(12-19-18)11-15-7-5-4-6-8-15/h4-8,16-17,19H,3,9-14H2,1-2H3. The first-order valence-electron chi connectivity index (χ1n) is 8.32. The van der Waals surface area contributed by atoms with Crippen molar-refractivity contribution in [3.8, 4) is 0 Å². The maximum atomic E-state index is 5.65. The smallest absolute Gasteiger partial charge is 0.0622 e. The Labute approximate surface area is 128 Å². The van der Waals surface area contributed by atoms with Crippen molar-refractivity contribution < 1.29 is 4.74 Å². The van der Waals surface area contributed by atoms with Crippen molar-refractivity contribution in [1.29, 1.82) is 0 Å². The molecule has 0 radical (unpaired) electrons. The lowest BCUT2D eigenvalue weighted by Gasteiger charge is -2.48. The van der Waals surface area contributed by atoms with Gasteiger partial charge in [0, 0.05) is 37.3 Å². The molecule has 0 saturated carbocycles. The first kappa shape index (κ1) is 15.0. The first-order valence-corrected chi connectivity index (χ1v) is 8.32. The summed E-state index contributed by atoms with van der Waals surface area (Å²) in [4.78, 5) is 2.72. The van der Waals surface area contributed by atoms with E-state index in [9.17, 15) is 0 Å². The molecule has 3 nitrogen and oxygen atoms in total. The van der Waals surface area contributed by atoms with E-state index in [0.717, 1.165) is 32.7 Å². The van der Waals surface area contributed by atoms with Gasteiger partial charge in [-0.2, -0.15) is 0 Å². The Hall–Kier alpha value is -0.900. The molecule has 2 saturated heterocycles. The van der Waals surface area contributed by atoms with Crippen molar-refractivity contribution in [3.05, 3.63) is 35.9 Å². The molecular formula is C18H28N2O. The largest absolute Gasteiger partial charge is 0.380 e. The van der Waals surface area contributed by atoms with Crippen LogP contribution >= 0.6 is 0 Å². The van der Waals surface area contributed by atoms with Gasteiger partial charge in [0.15, 0.2) is 0 Å². The molecule has 0 bridgehead atoms. The molecule has 1 aromatic rings. The Morgan fingerprint density at radius 2 is 2.14 bits per heavy atom. The number of ether oxygens (including phenoxy) is 1. The zero-order valence-electron chi connectivity index (χ0n) is 13.3. The summed E-state index contributed by atoms with van der Waals surface area (Å²) in [6.07, 6.45) is 3.49. The Morgan fingerprint density at radius 3 is 2.81 bits per heavy atom. The van der Waals surface area contributed by atoms with Crippen LogP contribution in [0.5, 0.6) is 0 Å². The highest BCUT2D eigenvalue weighted by Gasteiger charge is 2.38. The molecule has 0 aromatic heterocycles. The van der Waals surface area contributed by atoms with Crippen molar-refractivity contribution in [1.82, 2.24) is 10.2 Å². The highest BCUT2D eigenvalue weighted by Crippen LogP contribution is 2.26. The zero-order chi connectivity index (χ0) is 14.7. The molecule has 2 aliphatic heterocycles. The highest BCUT2D eigenvalue weighted by molar-refractivity contribution is 5.17. The minimum Gasteiger partial charge on any atom is -0.380 e. The van der Waals surface area contributed by atoms with E-state index in [1.165, 1.54) is 18.4 Å². The van der Waals surface area contributed by atoms with Crippen LogP contribution in [0.4, 0.5) is 0 Å². The second-order valence-corrected chi connectivity index (χ2v) is 6.83. The van der Waals surface area contributed by atoms with Crippen molar-refractivity contribution in [2.45, 2.75) is 50.7 Å². The fraction of sp³-hybridized carbons (Fsp3) is 0.667. The number of nitrogens with zero attached hydrogens (tertiary/aromatic N) is 1. The van der Waals surface area contributed by atoms with E-state index in [1.807, 2.05) is 0 Å². The lowest BCUT2D eigenvalue weighted by Crippen LogP contribution is -2.65. The lowest BCUT2D eigenvalue weighted by molar-refractivity contribution is 0.0394. The lowest BCUT2D eigenvalue weighted by atomic mass is 9.90. The third kappa shape index (κ3) is 3.47. The molecule has 3 unspecified atom stereocenters. The molecule has 0 amide bonds. The van der Waals surface area contributed by atoms with Crippen LogP contribution in [0.3, 0.4) is 0 Å². The van der Waals surface area contributed by atoms with Crippen molar-refractivity contribution in [2.24, 2.45) is 0 Å². The van der Waals surface area contributed by atoms with E-state index in [4.69, 9.17) is 4.74 Å². The van der Waals surface area contributed by atoms with Gasteiger partial charge in [-0.15, -0.1) is 0 Å². The van der Waals surface area contributed by atoms with Gasteiger partial charge in [0.05, 0.1) is 6.61 Å². The molecule has 3 atom stereocenters. The van der Waals surface area contributed by atoms with E-state index >= 15 is 0 Å². The van der Waals surface area contributed by atoms with Crippen LogP contribution in [0.15, 0.2) is 30.3 Å². The van der Waals surface area contributed by atoms with Crippen LogP contribution in [0.2, 0.25) is 0 Å². The van der Waals surface area contributed by atoms with E-state index in [1.54, 1.807) is 0 Å². The number of hydrogen-bond donors (Lipinski definition) is 1. The molecule has 3 rings (SSSR count). The van der Waals surface area contributed by atoms with E-state index in [2.05, 4.69) is 54.4 Å². The third-order valence-electron chi connectivity index (χ3n) is 5.23. The summed E-state index contributed by atoms with van der Waals surface area (Å²) >= 11 is 0. The Bertz CT molecular complexity index is 444. The minimum atomic E-state index is 0.246. The predicted octanol–water partition coefficient (Wildman–Crippen LogP) is 2.46. The normalized spacial score (nSPS) is 34.2. The van der Waals surface area contributed by atoms with Crippen LogP contribution in [0.1, 0.15) is 32.3 Å². The van der Waals surface area contributed by atoms with Gasteiger partial charge < -0.3 is 10.1 Å². The summed E-state index contributed by atoms with van der Waals surface area (Å²) in [5.74, 6) is 0. The van der Waals surface area contributed by atoms with Crippen LogP contribution in [0, 0.1) is 0 Å². The first-order chi connectivity index (χ1) is 10.2. The quantitative estimate of drug-likeness (QED) is 0.921. The number of hydrogen-bond acceptors (Lipinski definition) is 3. The van der Waals surface area contributed by atoms with Crippen LogP contribution in [-0.4, -0.2) is 48.8 Å². The molecule has 0 spiro atoms. The van der Waals surface area contributed by atoms with Gasteiger partial charge in [0.2, 0.25) is 0 Å². The maximum Gasteiger partial charge on any atom is 0.0622 e. The van der Waals surface area contributed by atoms with Gasteiger partial charge in [0.25, 0.3) is 0 Å². The fourth-order valence-electron chi connectivity index (χ4n) is 3.59. The number of piperazine rings is 1. The topological polar surface area (TPSA) is 24.5 Å². The highest BCUT2D eigenvalue weighted by atomic mass is 16.5. The monoisotopic (exact) mass is 288 g/mol. The Kier molecular flexibility index (Phi) is 4.63. The SMILES string of the molecule is CCC1(C)CN(C2CCOC2)C(Cc2ccccc2)CN1. The van der Waals surface area contributed by atoms with Gasteiger partial charge in [-0.05, 0) is 31.7 Å². The molecule has 2 aliphatic rings. The van der Waals surface area contributed by atoms with Gasteiger partial charge in [0.1, 0.15) is 0 Å². The summed E-state index contributed by atoms with van der Waals surface area (Å²) in [6, 6.07) is 12.1. The van der Waals surface area contributed by atoms with Gasteiger partial charge in [-0.1, -0.05) is 37.3 Å². The number of benzene rings is 1. The molecular weight excluding hydrogens is 260 g/mol. The summed E-state index contributed by atoms with van der Waals surface area (Å²) in [5, 5.41) is 3.79. The molecule has 116 valence electrons.